The van der Waals surface area contributed by atoms with E-state index in [1.54, 1.807) is 0 Å². The van der Waals surface area contributed by atoms with Gasteiger partial charge in [-0.1, -0.05) is 6.42 Å². The van der Waals surface area contributed by atoms with Crippen LogP contribution in [0.5, 0.6) is 0 Å². The van der Waals surface area contributed by atoms with Crippen LogP contribution < -0.4 is 0 Å². The number of ether oxygens (including phenoxy) is 1. The van der Waals surface area contributed by atoms with Crippen LogP contribution >= 0.6 is 23.6 Å². The predicted molar refractivity (Wildman–Crippen MR) is 66.6 cm³/mol. The lowest BCUT2D eigenvalue weighted by atomic mass is 9.98. The minimum Gasteiger partial charge on any atom is -0.446 e. The molecule has 0 N–H and O–H groups in total. The molecule has 16 heavy (non-hydrogen) atoms. The predicted octanol–water partition coefficient (Wildman–Crippen LogP) is 3.90. The molecule has 0 atom stereocenters. The normalized spacial score (nSPS) is 17.3. The second-order valence-electron chi connectivity index (χ2n) is 4.12. The van der Waals surface area contributed by atoms with Crippen LogP contribution in [0.3, 0.4) is 0 Å². The Morgan fingerprint density at radius 1 is 1.50 bits per heavy atom. The number of aryl methyl sites for hydroxylation is 1. The molecule has 0 amide bonds. The van der Waals surface area contributed by atoms with Crippen molar-refractivity contribution in [1.29, 1.82) is 0 Å². The summed E-state index contributed by atoms with van der Waals surface area (Å²) in [5.74, 6) is 0. The van der Waals surface area contributed by atoms with Gasteiger partial charge in [0.15, 0.2) is 3.95 Å². The summed E-state index contributed by atoms with van der Waals surface area (Å²) < 4.78 is 7.51. The van der Waals surface area contributed by atoms with Gasteiger partial charge in [0.2, 0.25) is 0 Å². The van der Waals surface area contributed by atoms with Crippen molar-refractivity contribution in [1.82, 2.24) is 4.57 Å². The Morgan fingerprint density at radius 2 is 2.19 bits per heavy atom. The van der Waals surface area contributed by atoms with Gasteiger partial charge in [-0.15, -0.1) is 11.3 Å². The lowest BCUT2D eigenvalue weighted by Crippen LogP contribution is -2.24. The van der Waals surface area contributed by atoms with E-state index in [-0.39, 0.29) is 12.2 Å². The number of nitrogens with zero attached hydrogens (tertiary/aromatic N) is 1. The van der Waals surface area contributed by atoms with Crippen LogP contribution in [0.2, 0.25) is 0 Å². The highest BCUT2D eigenvalue weighted by molar-refractivity contribution is 7.73. The van der Waals surface area contributed by atoms with Gasteiger partial charge in [-0.3, -0.25) is 0 Å². The molecule has 2 rings (SSSR count). The average Bonchev–Trinajstić information content (AvgIpc) is 2.60. The zero-order valence-corrected chi connectivity index (χ0v) is 10.9. The largest absolute Gasteiger partial charge is 0.446 e. The van der Waals surface area contributed by atoms with Gasteiger partial charge in [0.05, 0.1) is 0 Å². The van der Waals surface area contributed by atoms with Crippen molar-refractivity contribution in [3.8, 4) is 0 Å². The van der Waals surface area contributed by atoms with E-state index >= 15 is 0 Å². The molecule has 0 aliphatic heterocycles. The van der Waals surface area contributed by atoms with Crippen LogP contribution in [0.1, 0.15) is 37.8 Å². The monoisotopic (exact) mass is 257 g/mol. The molecular weight excluding hydrogens is 242 g/mol. The molecule has 0 aromatic carbocycles. The Kier molecular flexibility index (Phi) is 3.76. The molecule has 1 aromatic rings. The van der Waals surface area contributed by atoms with Crippen molar-refractivity contribution < 1.29 is 9.53 Å². The summed E-state index contributed by atoms with van der Waals surface area (Å²) in [4.78, 5) is 11.9. The minimum absolute atomic E-state index is 0.0856. The van der Waals surface area contributed by atoms with Crippen molar-refractivity contribution in [2.24, 2.45) is 0 Å². The molecule has 1 aromatic heterocycles. The molecule has 1 saturated carbocycles. The summed E-state index contributed by atoms with van der Waals surface area (Å²) in [6.07, 6.45) is 5.33. The zero-order chi connectivity index (χ0) is 11.5. The van der Waals surface area contributed by atoms with Crippen molar-refractivity contribution in [2.75, 3.05) is 0 Å². The fourth-order valence-corrected chi connectivity index (χ4v) is 3.05. The van der Waals surface area contributed by atoms with Gasteiger partial charge in [0.25, 0.3) is 0 Å². The maximum Gasteiger partial charge on any atom is 0.420 e. The highest BCUT2D eigenvalue weighted by atomic mass is 32.1. The highest BCUT2D eigenvalue weighted by Crippen LogP contribution is 2.21. The Morgan fingerprint density at radius 3 is 2.75 bits per heavy atom. The van der Waals surface area contributed by atoms with Crippen LogP contribution in [0.15, 0.2) is 5.38 Å². The standard InChI is InChI=1S/C11H15NO2S2/c1-8-7-16-11(15)12(8)10(13)14-9-5-3-2-4-6-9/h7,9H,2-6H2,1H3. The molecule has 0 bridgehead atoms. The third kappa shape index (κ3) is 2.52. The van der Waals surface area contributed by atoms with Gasteiger partial charge in [-0.05, 0) is 44.8 Å². The summed E-state index contributed by atoms with van der Waals surface area (Å²) in [7, 11) is 0. The number of hydrogen-bond donors (Lipinski definition) is 0. The quantitative estimate of drug-likeness (QED) is 0.715. The number of rotatable bonds is 1. The SMILES string of the molecule is Cc1csc(=S)n1C(=O)OC1CCCCC1. The number of thiazole rings is 1. The van der Waals surface area contributed by atoms with Crippen molar-refractivity contribution in [3.63, 3.8) is 0 Å². The Labute approximate surface area is 104 Å². The number of hydrogen-bond acceptors (Lipinski definition) is 4. The molecule has 0 spiro atoms. The van der Waals surface area contributed by atoms with Gasteiger partial charge in [0, 0.05) is 11.1 Å². The molecule has 3 nitrogen and oxygen atoms in total. The van der Waals surface area contributed by atoms with Crippen molar-refractivity contribution in [3.05, 3.63) is 15.0 Å². The first-order valence-electron chi connectivity index (χ1n) is 5.56. The Balaban J connectivity index is 2.05. The van der Waals surface area contributed by atoms with Crippen LogP contribution in [0.25, 0.3) is 0 Å². The maximum atomic E-state index is 11.9. The van der Waals surface area contributed by atoms with Crippen LogP contribution in [0.4, 0.5) is 4.79 Å². The van der Waals surface area contributed by atoms with E-state index in [0.717, 1.165) is 31.4 Å². The first-order valence-corrected chi connectivity index (χ1v) is 6.85. The summed E-state index contributed by atoms with van der Waals surface area (Å²) in [6, 6.07) is 0. The van der Waals surface area contributed by atoms with Crippen LogP contribution in [-0.4, -0.2) is 16.8 Å². The molecule has 1 heterocycles. The van der Waals surface area contributed by atoms with Gasteiger partial charge in [-0.2, -0.15) is 0 Å². The molecule has 1 aliphatic rings. The van der Waals surface area contributed by atoms with Crippen molar-refractivity contribution >= 4 is 29.6 Å². The van der Waals surface area contributed by atoms with E-state index in [0.29, 0.717) is 3.95 Å². The minimum atomic E-state index is -0.310. The second-order valence-corrected chi connectivity index (χ2v) is 5.63. The summed E-state index contributed by atoms with van der Waals surface area (Å²) in [5.41, 5.74) is 0.857. The van der Waals surface area contributed by atoms with E-state index < -0.39 is 0 Å². The van der Waals surface area contributed by atoms with E-state index in [1.165, 1.54) is 22.3 Å². The summed E-state index contributed by atoms with van der Waals surface area (Å²) in [6.45, 7) is 1.87. The lowest BCUT2D eigenvalue weighted by molar-refractivity contribution is 0.0760. The molecule has 1 fully saturated rings. The molecular formula is C11H15NO2S2. The Hall–Kier alpha value is -0.680. The second kappa shape index (κ2) is 5.10. The lowest BCUT2D eigenvalue weighted by Gasteiger charge is -2.21. The van der Waals surface area contributed by atoms with E-state index in [9.17, 15) is 4.79 Å². The fourth-order valence-electron chi connectivity index (χ4n) is 1.98. The third-order valence-corrected chi connectivity index (χ3v) is 4.18. The molecule has 0 radical (unpaired) electrons. The number of carbonyl (C=O) groups excluding carboxylic acids is 1. The van der Waals surface area contributed by atoms with Gasteiger partial charge in [-0.25, -0.2) is 9.36 Å². The van der Waals surface area contributed by atoms with Crippen LogP contribution in [0, 0.1) is 10.9 Å². The number of carbonyl (C=O) groups is 1. The zero-order valence-electron chi connectivity index (χ0n) is 9.27. The summed E-state index contributed by atoms with van der Waals surface area (Å²) >= 11 is 6.50. The topological polar surface area (TPSA) is 31.2 Å². The van der Waals surface area contributed by atoms with Gasteiger partial charge < -0.3 is 4.74 Å². The number of aromatic nitrogens is 1. The average molecular weight is 257 g/mol. The first kappa shape index (κ1) is 11.8. The van der Waals surface area contributed by atoms with E-state index in [1.807, 2.05) is 12.3 Å². The summed E-state index contributed by atoms with van der Waals surface area (Å²) in [5, 5.41) is 1.88. The molecule has 88 valence electrons. The fraction of sp³-hybridized carbons (Fsp3) is 0.636. The molecule has 0 saturated heterocycles. The Bertz CT molecular complexity index is 429. The molecule has 0 unspecified atom stereocenters. The maximum absolute atomic E-state index is 11.9. The van der Waals surface area contributed by atoms with Gasteiger partial charge in [0.1, 0.15) is 6.10 Å². The van der Waals surface area contributed by atoms with E-state index in [2.05, 4.69) is 0 Å². The third-order valence-electron chi connectivity index (χ3n) is 2.87. The first-order chi connectivity index (χ1) is 7.68. The smallest absolute Gasteiger partial charge is 0.420 e. The van der Waals surface area contributed by atoms with E-state index in [4.69, 9.17) is 17.0 Å². The molecule has 1 aliphatic carbocycles. The van der Waals surface area contributed by atoms with Crippen molar-refractivity contribution in [2.45, 2.75) is 45.1 Å². The van der Waals surface area contributed by atoms with Gasteiger partial charge >= 0.3 is 6.09 Å². The highest BCUT2D eigenvalue weighted by Gasteiger charge is 2.19. The molecule has 5 heteroatoms. The van der Waals surface area contributed by atoms with Crippen LogP contribution in [-0.2, 0) is 4.74 Å².